The maximum atomic E-state index is 6.61. The van der Waals surface area contributed by atoms with Crippen molar-refractivity contribution in [2.45, 2.75) is 0 Å². The van der Waals surface area contributed by atoms with Gasteiger partial charge in [0.1, 0.15) is 0 Å². The standard InChI is InChI=1S/C19H9Cl2N3/c20-18-13-7-5-11-3-1-2-10-4-6-12(16(13)15(10)11)17(19(18)21)14-8-9-22-24-23-14/h1-9H. The first-order chi connectivity index (χ1) is 11.8. The predicted molar refractivity (Wildman–Crippen MR) is 99.0 cm³/mol. The van der Waals surface area contributed by atoms with Crippen LogP contribution in [-0.2, 0) is 0 Å². The summed E-state index contributed by atoms with van der Waals surface area (Å²) < 4.78 is 0. The first kappa shape index (κ1) is 13.9. The first-order valence-corrected chi connectivity index (χ1v) is 8.20. The lowest BCUT2D eigenvalue weighted by molar-refractivity contribution is 0.871. The minimum Gasteiger partial charge on any atom is -0.139 e. The summed E-state index contributed by atoms with van der Waals surface area (Å²) in [6, 6.07) is 16.4. The second kappa shape index (κ2) is 5.00. The Morgan fingerprint density at radius 1 is 0.708 bits per heavy atom. The second-order valence-corrected chi connectivity index (χ2v) is 6.45. The lowest BCUT2D eigenvalue weighted by Gasteiger charge is -2.16. The van der Waals surface area contributed by atoms with Crippen molar-refractivity contribution in [1.82, 2.24) is 15.4 Å². The van der Waals surface area contributed by atoms with Gasteiger partial charge in [0.25, 0.3) is 0 Å². The van der Waals surface area contributed by atoms with Crippen LogP contribution in [0, 0.1) is 0 Å². The minimum absolute atomic E-state index is 0.489. The average Bonchev–Trinajstić information content (AvgIpc) is 2.63. The summed E-state index contributed by atoms with van der Waals surface area (Å²) in [7, 11) is 0. The number of hydrogen-bond donors (Lipinski definition) is 0. The van der Waals surface area contributed by atoms with Crippen molar-refractivity contribution in [3.8, 4) is 11.3 Å². The summed E-state index contributed by atoms with van der Waals surface area (Å²) in [5, 5.41) is 19.3. The molecule has 0 saturated heterocycles. The number of benzene rings is 4. The Bertz CT molecular complexity index is 1200. The highest BCUT2D eigenvalue weighted by atomic mass is 35.5. The van der Waals surface area contributed by atoms with Gasteiger partial charge in [-0.15, -0.1) is 10.2 Å². The number of hydrogen-bond acceptors (Lipinski definition) is 3. The van der Waals surface area contributed by atoms with E-state index in [0.717, 1.165) is 21.7 Å². The molecular weight excluding hydrogens is 341 g/mol. The highest BCUT2D eigenvalue weighted by Gasteiger charge is 2.19. The molecule has 0 aliphatic rings. The van der Waals surface area contributed by atoms with E-state index in [2.05, 4.69) is 51.8 Å². The molecule has 0 aliphatic carbocycles. The molecule has 0 saturated carbocycles. The molecule has 5 rings (SSSR count). The van der Waals surface area contributed by atoms with Crippen LogP contribution in [0.5, 0.6) is 0 Å². The minimum atomic E-state index is 0.489. The van der Waals surface area contributed by atoms with Gasteiger partial charge in [-0.2, -0.15) is 0 Å². The normalized spacial score (nSPS) is 11.8. The average molecular weight is 350 g/mol. The summed E-state index contributed by atoms with van der Waals surface area (Å²) in [6.45, 7) is 0. The summed E-state index contributed by atoms with van der Waals surface area (Å²) >= 11 is 13.2. The molecule has 0 N–H and O–H groups in total. The summed E-state index contributed by atoms with van der Waals surface area (Å²) in [5.74, 6) is 0. The van der Waals surface area contributed by atoms with Gasteiger partial charge in [0, 0.05) is 10.9 Å². The maximum Gasteiger partial charge on any atom is 0.0985 e. The maximum absolute atomic E-state index is 6.61. The Morgan fingerprint density at radius 2 is 1.46 bits per heavy atom. The summed E-state index contributed by atoms with van der Waals surface area (Å²) in [6.07, 6.45) is 1.60. The van der Waals surface area contributed by atoms with Gasteiger partial charge in [0.2, 0.25) is 0 Å². The molecule has 0 spiro atoms. The van der Waals surface area contributed by atoms with Crippen molar-refractivity contribution in [3.63, 3.8) is 0 Å². The van der Waals surface area contributed by atoms with E-state index in [1.807, 2.05) is 6.07 Å². The van der Waals surface area contributed by atoms with E-state index in [0.29, 0.717) is 15.7 Å². The van der Waals surface area contributed by atoms with E-state index >= 15 is 0 Å². The first-order valence-electron chi connectivity index (χ1n) is 7.45. The van der Waals surface area contributed by atoms with Crippen molar-refractivity contribution in [1.29, 1.82) is 0 Å². The molecule has 1 heterocycles. The van der Waals surface area contributed by atoms with Gasteiger partial charge in [0.05, 0.1) is 21.9 Å². The molecule has 0 atom stereocenters. The molecule has 0 fully saturated rings. The zero-order valence-corrected chi connectivity index (χ0v) is 13.8. The van der Waals surface area contributed by atoms with E-state index < -0.39 is 0 Å². The highest BCUT2D eigenvalue weighted by molar-refractivity contribution is 6.49. The fourth-order valence-electron chi connectivity index (χ4n) is 3.44. The Hall–Kier alpha value is -2.49. The van der Waals surface area contributed by atoms with E-state index in [1.165, 1.54) is 16.2 Å². The second-order valence-electron chi connectivity index (χ2n) is 5.69. The van der Waals surface area contributed by atoms with Crippen LogP contribution in [0.25, 0.3) is 43.6 Å². The van der Waals surface area contributed by atoms with Crippen LogP contribution in [-0.4, -0.2) is 15.4 Å². The smallest absolute Gasteiger partial charge is 0.0985 e. The van der Waals surface area contributed by atoms with Crippen molar-refractivity contribution in [2.24, 2.45) is 0 Å². The third-order valence-corrected chi connectivity index (χ3v) is 5.32. The molecule has 1 aromatic heterocycles. The lowest BCUT2D eigenvalue weighted by Crippen LogP contribution is -1.94. The van der Waals surface area contributed by atoms with Crippen LogP contribution in [0.4, 0.5) is 0 Å². The monoisotopic (exact) mass is 349 g/mol. The predicted octanol–water partition coefficient (Wildman–Crippen LogP) is 5.74. The van der Waals surface area contributed by atoms with Gasteiger partial charge in [0.15, 0.2) is 0 Å². The largest absolute Gasteiger partial charge is 0.139 e. The number of halogens is 2. The molecule has 0 unspecified atom stereocenters. The number of aromatic nitrogens is 3. The Labute approximate surface area is 147 Å². The van der Waals surface area contributed by atoms with Crippen molar-refractivity contribution >= 4 is 55.5 Å². The molecular formula is C19H9Cl2N3. The van der Waals surface area contributed by atoms with E-state index in [9.17, 15) is 0 Å². The van der Waals surface area contributed by atoms with Crippen LogP contribution in [0.15, 0.2) is 54.7 Å². The van der Waals surface area contributed by atoms with Crippen molar-refractivity contribution in [2.75, 3.05) is 0 Å². The number of rotatable bonds is 1. The van der Waals surface area contributed by atoms with E-state index in [-0.39, 0.29) is 0 Å². The SMILES string of the molecule is Clc1c(Cl)c2ccc3cccc4ccc(c1-c1ccnnn1)c2c34. The summed E-state index contributed by atoms with van der Waals surface area (Å²) in [5.41, 5.74) is 1.46. The number of nitrogens with zero attached hydrogens (tertiary/aromatic N) is 3. The van der Waals surface area contributed by atoms with Crippen LogP contribution in [0.1, 0.15) is 0 Å². The molecule has 0 amide bonds. The fourth-order valence-corrected chi connectivity index (χ4v) is 4.00. The molecule has 114 valence electrons. The van der Waals surface area contributed by atoms with Gasteiger partial charge < -0.3 is 0 Å². The van der Waals surface area contributed by atoms with Crippen LogP contribution in [0.2, 0.25) is 10.0 Å². The van der Waals surface area contributed by atoms with E-state index in [1.54, 1.807) is 12.3 Å². The zero-order chi connectivity index (χ0) is 16.3. The van der Waals surface area contributed by atoms with Gasteiger partial charge in [-0.3, -0.25) is 0 Å². The van der Waals surface area contributed by atoms with Crippen molar-refractivity contribution < 1.29 is 0 Å². The summed E-state index contributed by atoms with van der Waals surface area (Å²) in [4.78, 5) is 0. The topological polar surface area (TPSA) is 38.7 Å². The molecule has 0 radical (unpaired) electrons. The Kier molecular flexibility index (Phi) is 2.90. The molecule has 24 heavy (non-hydrogen) atoms. The molecule has 5 aromatic rings. The van der Waals surface area contributed by atoms with Crippen LogP contribution in [0.3, 0.4) is 0 Å². The van der Waals surface area contributed by atoms with Gasteiger partial charge in [-0.1, -0.05) is 65.7 Å². The molecule has 3 nitrogen and oxygen atoms in total. The quantitative estimate of drug-likeness (QED) is 0.362. The van der Waals surface area contributed by atoms with Gasteiger partial charge in [-0.05, 0) is 38.2 Å². The molecule has 4 aromatic carbocycles. The third-order valence-electron chi connectivity index (χ3n) is 4.45. The Morgan fingerprint density at radius 3 is 2.17 bits per heavy atom. The zero-order valence-electron chi connectivity index (χ0n) is 12.3. The van der Waals surface area contributed by atoms with Gasteiger partial charge in [-0.25, -0.2) is 0 Å². The molecule has 5 heteroatoms. The van der Waals surface area contributed by atoms with Gasteiger partial charge >= 0.3 is 0 Å². The van der Waals surface area contributed by atoms with Crippen LogP contribution < -0.4 is 0 Å². The third kappa shape index (κ3) is 1.77. The lowest BCUT2D eigenvalue weighted by atomic mass is 9.91. The fraction of sp³-hybridized carbons (Fsp3) is 0. The van der Waals surface area contributed by atoms with Crippen LogP contribution >= 0.6 is 23.2 Å². The van der Waals surface area contributed by atoms with Crippen molar-refractivity contribution in [3.05, 3.63) is 64.8 Å². The highest BCUT2D eigenvalue weighted by Crippen LogP contribution is 2.46. The molecule has 0 bridgehead atoms. The Balaban J connectivity index is 2.10. The molecule has 0 aliphatic heterocycles. The van der Waals surface area contributed by atoms with E-state index in [4.69, 9.17) is 23.2 Å².